The maximum absolute atomic E-state index is 5.04. The molecule has 0 saturated carbocycles. The number of aliphatic imine (C=N–C) groups is 1. The minimum Gasteiger partial charge on any atom is -0.358 e. The summed E-state index contributed by atoms with van der Waals surface area (Å²) in [4.78, 5) is 4.15. The fraction of sp³-hybridized carbons (Fsp3) is 0.857. The second-order valence-corrected chi connectivity index (χ2v) is 2.37. The Kier molecular flexibility index (Phi) is 3.47. The van der Waals surface area contributed by atoms with Crippen LogP contribution in [0.2, 0.25) is 0 Å². The summed E-state index contributed by atoms with van der Waals surface area (Å²) in [5.74, 6) is 0. The highest BCUT2D eigenvalue weighted by molar-refractivity contribution is 5.56. The lowest BCUT2D eigenvalue weighted by Gasteiger charge is -2.16. The van der Waals surface area contributed by atoms with Gasteiger partial charge >= 0.3 is 0 Å². The van der Waals surface area contributed by atoms with Crippen LogP contribution in [0.1, 0.15) is 27.2 Å². The van der Waals surface area contributed by atoms with Crippen molar-refractivity contribution >= 4 is 6.21 Å². The fourth-order valence-electron chi connectivity index (χ4n) is 0.364. The SMILES string of the molecule is CCC=NC(C)(C)OC. The molecule has 0 unspecified atom stereocenters. The molecule has 0 amide bonds. The van der Waals surface area contributed by atoms with Crippen molar-refractivity contribution in [3.8, 4) is 0 Å². The molecule has 2 heteroatoms. The van der Waals surface area contributed by atoms with Crippen LogP contribution in [0.5, 0.6) is 0 Å². The Morgan fingerprint density at radius 2 is 2.11 bits per heavy atom. The summed E-state index contributed by atoms with van der Waals surface area (Å²) in [5.41, 5.74) is -0.337. The van der Waals surface area contributed by atoms with Crippen molar-refractivity contribution in [2.45, 2.75) is 32.9 Å². The van der Waals surface area contributed by atoms with E-state index in [4.69, 9.17) is 4.74 Å². The predicted molar refractivity (Wildman–Crippen MR) is 39.9 cm³/mol. The molecule has 0 saturated heterocycles. The van der Waals surface area contributed by atoms with Gasteiger partial charge in [-0.25, -0.2) is 0 Å². The maximum atomic E-state index is 5.04. The minimum atomic E-state index is -0.337. The quantitative estimate of drug-likeness (QED) is 0.533. The summed E-state index contributed by atoms with van der Waals surface area (Å²) in [6.45, 7) is 5.91. The third kappa shape index (κ3) is 4.15. The second-order valence-electron chi connectivity index (χ2n) is 2.37. The van der Waals surface area contributed by atoms with Crippen molar-refractivity contribution in [1.82, 2.24) is 0 Å². The van der Waals surface area contributed by atoms with Crippen molar-refractivity contribution in [3.63, 3.8) is 0 Å². The van der Waals surface area contributed by atoms with Gasteiger partial charge in [-0.3, -0.25) is 4.99 Å². The second kappa shape index (κ2) is 3.62. The summed E-state index contributed by atoms with van der Waals surface area (Å²) in [6.07, 6.45) is 2.83. The standard InChI is InChI=1S/C7H15NO/c1-5-6-8-7(2,3)9-4/h6H,5H2,1-4H3. The number of hydrogen-bond acceptors (Lipinski definition) is 2. The van der Waals surface area contributed by atoms with Crippen LogP contribution in [0, 0.1) is 0 Å². The zero-order valence-electron chi connectivity index (χ0n) is 6.64. The van der Waals surface area contributed by atoms with Crippen LogP contribution >= 0.6 is 0 Å². The molecule has 0 aromatic rings. The summed E-state index contributed by atoms with van der Waals surface area (Å²) < 4.78 is 5.04. The highest BCUT2D eigenvalue weighted by atomic mass is 16.5. The Bertz CT molecular complexity index is 97.1. The lowest BCUT2D eigenvalue weighted by molar-refractivity contribution is 0.0314. The van der Waals surface area contributed by atoms with Gasteiger partial charge in [-0.15, -0.1) is 0 Å². The van der Waals surface area contributed by atoms with E-state index in [-0.39, 0.29) is 5.72 Å². The molecule has 0 spiro atoms. The maximum Gasteiger partial charge on any atom is 0.152 e. The molecule has 0 aromatic carbocycles. The van der Waals surface area contributed by atoms with Gasteiger partial charge in [-0.05, 0) is 20.3 Å². The number of rotatable bonds is 3. The molecule has 0 rings (SSSR count). The van der Waals surface area contributed by atoms with E-state index in [1.165, 1.54) is 0 Å². The van der Waals surface area contributed by atoms with Gasteiger partial charge in [0.05, 0.1) is 0 Å². The van der Waals surface area contributed by atoms with Gasteiger partial charge in [0.2, 0.25) is 0 Å². The van der Waals surface area contributed by atoms with E-state index in [9.17, 15) is 0 Å². The fourth-order valence-corrected chi connectivity index (χ4v) is 0.364. The van der Waals surface area contributed by atoms with Gasteiger partial charge in [-0.1, -0.05) is 6.92 Å². The molecule has 0 radical (unpaired) electrons. The van der Waals surface area contributed by atoms with Crippen LogP contribution in [0.4, 0.5) is 0 Å². The van der Waals surface area contributed by atoms with Crippen molar-refractivity contribution in [2.75, 3.05) is 7.11 Å². The third-order valence-electron chi connectivity index (χ3n) is 1.08. The summed E-state index contributed by atoms with van der Waals surface area (Å²) in [7, 11) is 1.66. The highest BCUT2D eigenvalue weighted by Gasteiger charge is 2.10. The number of nitrogens with zero attached hydrogens (tertiary/aromatic N) is 1. The lowest BCUT2D eigenvalue weighted by atomic mass is 10.3. The normalized spacial score (nSPS) is 12.9. The Labute approximate surface area is 56.9 Å². The van der Waals surface area contributed by atoms with Crippen LogP contribution in [0.15, 0.2) is 4.99 Å². The van der Waals surface area contributed by atoms with Crippen LogP contribution in [0.3, 0.4) is 0 Å². The first-order valence-corrected chi connectivity index (χ1v) is 3.21. The van der Waals surface area contributed by atoms with Gasteiger partial charge in [0.15, 0.2) is 5.72 Å². The Morgan fingerprint density at radius 3 is 2.44 bits per heavy atom. The topological polar surface area (TPSA) is 21.6 Å². The largest absolute Gasteiger partial charge is 0.358 e. The smallest absolute Gasteiger partial charge is 0.152 e. The van der Waals surface area contributed by atoms with Crippen molar-refractivity contribution in [1.29, 1.82) is 0 Å². The zero-order chi connectivity index (χ0) is 7.33. The molecule has 0 aliphatic rings. The van der Waals surface area contributed by atoms with E-state index in [0.29, 0.717) is 0 Å². The van der Waals surface area contributed by atoms with E-state index in [1.807, 2.05) is 20.1 Å². The van der Waals surface area contributed by atoms with Crippen molar-refractivity contribution in [3.05, 3.63) is 0 Å². The molecule has 0 atom stereocenters. The minimum absolute atomic E-state index is 0.337. The molecular formula is C7H15NO. The van der Waals surface area contributed by atoms with Gasteiger partial charge in [-0.2, -0.15) is 0 Å². The van der Waals surface area contributed by atoms with Crippen molar-refractivity contribution in [2.24, 2.45) is 4.99 Å². The molecule has 0 N–H and O–H groups in total. The van der Waals surface area contributed by atoms with Crippen LogP contribution in [-0.4, -0.2) is 19.0 Å². The third-order valence-corrected chi connectivity index (χ3v) is 1.08. The molecule has 2 nitrogen and oxygen atoms in total. The number of hydrogen-bond donors (Lipinski definition) is 0. The highest BCUT2D eigenvalue weighted by Crippen LogP contribution is 2.07. The van der Waals surface area contributed by atoms with Gasteiger partial charge in [0.1, 0.15) is 0 Å². The summed E-state index contributed by atoms with van der Waals surface area (Å²) in [5, 5.41) is 0. The van der Waals surface area contributed by atoms with E-state index in [0.717, 1.165) is 6.42 Å². The average molecular weight is 129 g/mol. The Balaban J connectivity index is 3.70. The van der Waals surface area contributed by atoms with E-state index in [1.54, 1.807) is 7.11 Å². The van der Waals surface area contributed by atoms with E-state index in [2.05, 4.69) is 11.9 Å². The van der Waals surface area contributed by atoms with Gasteiger partial charge in [0, 0.05) is 13.3 Å². The molecule has 0 fully saturated rings. The number of methoxy groups -OCH3 is 1. The molecule has 54 valence electrons. The number of ether oxygens (including phenoxy) is 1. The first-order chi connectivity index (χ1) is 4.12. The van der Waals surface area contributed by atoms with Gasteiger partial charge < -0.3 is 4.74 Å². The molecular weight excluding hydrogens is 114 g/mol. The predicted octanol–water partition coefficient (Wildman–Crippen LogP) is 1.85. The zero-order valence-corrected chi connectivity index (χ0v) is 6.64. The molecule has 0 aromatic heterocycles. The monoisotopic (exact) mass is 129 g/mol. The lowest BCUT2D eigenvalue weighted by Crippen LogP contribution is -2.18. The summed E-state index contributed by atoms with van der Waals surface area (Å²) >= 11 is 0. The van der Waals surface area contributed by atoms with E-state index < -0.39 is 0 Å². The van der Waals surface area contributed by atoms with Gasteiger partial charge in [0.25, 0.3) is 0 Å². The molecule has 0 aliphatic carbocycles. The Morgan fingerprint density at radius 1 is 1.56 bits per heavy atom. The molecule has 0 bridgehead atoms. The summed E-state index contributed by atoms with van der Waals surface area (Å²) in [6, 6.07) is 0. The Hall–Kier alpha value is -0.370. The van der Waals surface area contributed by atoms with Crippen molar-refractivity contribution < 1.29 is 4.74 Å². The van der Waals surface area contributed by atoms with Crippen LogP contribution < -0.4 is 0 Å². The van der Waals surface area contributed by atoms with Crippen LogP contribution in [0.25, 0.3) is 0 Å². The molecule has 9 heavy (non-hydrogen) atoms. The van der Waals surface area contributed by atoms with Crippen LogP contribution in [-0.2, 0) is 4.74 Å². The van der Waals surface area contributed by atoms with E-state index >= 15 is 0 Å². The first kappa shape index (κ1) is 8.63. The molecule has 0 heterocycles. The average Bonchev–Trinajstić information content (AvgIpc) is 1.84. The first-order valence-electron chi connectivity index (χ1n) is 3.21. The molecule has 0 aliphatic heterocycles.